The molecule has 0 bridgehead atoms. The van der Waals surface area contributed by atoms with Gasteiger partial charge in [0.15, 0.2) is 11.5 Å². The first kappa shape index (κ1) is 14.6. The van der Waals surface area contributed by atoms with Crippen LogP contribution in [-0.2, 0) is 7.05 Å². The zero-order valence-electron chi connectivity index (χ0n) is 14.0. The number of fused-ring (bicyclic) bond motifs is 1. The third kappa shape index (κ3) is 2.36. The smallest absolute Gasteiger partial charge is 0.162 e. The largest absolute Gasteiger partial charge is 0.250 e. The molecule has 0 saturated carbocycles. The standard InChI is InChI=1S/C20H18N4/c1-13-8-7-11-16(12-13)18-17-14(2)23-24(3)20(17)22-19(21-18)15-9-5-4-6-10-15/h4-12H,1-3H3. The van der Waals surface area contributed by atoms with Crippen molar-refractivity contribution in [1.82, 2.24) is 19.7 Å². The van der Waals surface area contributed by atoms with Gasteiger partial charge in [0.25, 0.3) is 0 Å². The summed E-state index contributed by atoms with van der Waals surface area (Å²) in [7, 11) is 1.93. The Morgan fingerprint density at radius 2 is 1.58 bits per heavy atom. The van der Waals surface area contributed by atoms with E-state index in [-0.39, 0.29) is 0 Å². The summed E-state index contributed by atoms with van der Waals surface area (Å²) in [6, 6.07) is 18.5. The Bertz CT molecular complexity index is 1030. The molecule has 0 spiro atoms. The van der Waals surface area contributed by atoms with Crippen LogP contribution in [0, 0.1) is 13.8 Å². The number of aromatic nitrogens is 4. The summed E-state index contributed by atoms with van der Waals surface area (Å²) < 4.78 is 1.83. The minimum atomic E-state index is 0.725. The van der Waals surface area contributed by atoms with Gasteiger partial charge in [-0.1, -0.05) is 54.1 Å². The molecule has 0 saturated heterocycles. The first-order valence-electron chi connectivity index (χ1n) is 7.97. The molecule has 2 heterocycles. The molecule has 2 aromatic carbocycles. The number of benzene rings is 2. The van der Waals surface area contributed by atoms with Crippen LogP contribution < -0.4 is 0 Å². The van der Waals surface area contributed by atoms with Crippen LogP contribution in [0.1, 0.15) is 11.3 Å². The van der Waals surface area contributed by atoms with Gasteiger partial charge < -0.3 is 0 Å². The molecule has 0 aliphatic carbocycles. The van der Waals surface area contributed by atoms with Gasteiger partial charge in [-0.25, -0.2) is 9.97 Å². The van der Waals surface area contributed by atoms with Crippen LogP contribution in [0.25, 0.3) is 33.7 Å². The number of nitrogens with zero attached hydrogens (tertiary/aromatic N) is 4. The van der Waals surface area contributed by atoms with E-state index in [4.69, 9.17) is 9.97 Å². The lowest BCUT2D eigenvalue weighted by atomic mass is 10.0. The monoisotopic (exact) mass is 314 g/mol. The second kappa shape index (κ2) is 5.57. The van der Waals surface area contributed by atoms with E-state index in [9.17, 15) is 0 Å². The molecule has 0 radical (unpaired) electrons. The van der Waals surface area contributed by atoms with Crippen LogP contribution in [0.2, 0.25) is 0 Å². The highest BCUT2D eigenvalue weighted by atomic mass is 15.3. The van der Waals surface area contributed by atoms with Gasteiger partial charge in [-0.2, -0.15) is 5.10 Å². The maximum Gasteiger partial charge on any atom is 0.162 e. The lowest BCUT2D eigenvalue weighted by Crippen LogP contribution is -1.98. The maximum absolute atomic E-state index is 4.89. The maximum atomic E-state index is 4.89. The van der Waals surface area contributed by atoms with Crippen molar-refractivity contribution < 1.29 is 0 Å². The Hall–Kier alpha value is -3.01. The van der Waals surface area contributed by atoms with E-state index in [1.54, 1.807) is 0 Å². The zero-order valence-corrected chi connectivity index (χ0v) is 14.0. The second-order valence-corrected chi connectivity index (χ2v) is 6.04. The van der Waals surface area contributed by atoms with Crippen molar-refractivity contribution in [3.63, 3.8) is 0 Å². The Morgan fingerprint density at radius 1 is 0.833 bits per heavy atom. The highest BCUT2D eigenvalue weighted by Gasteiger charge is 2.17. The molecule has 0 fully saturated rings. The van der Waals surface area contributed by atoms with E-state index < -0.39 is 0 Å². The number of aryl methyl sites for hydroxylation is 3. The van der Waals surface area contributed by atoms with Gasteiger partial charge in [0.1, 0.15) is 0 Å². The molecular weight excluding hydrogens is 296 g/mol. The average Bonchev–Trinajstić information content (AvgIpc) is 2.89. The molecular formula is C20H18N4. The molecule has 0 unspecified atom stereocenters. The summed E-state index contributed by atoms with van der Waals surface area (Å²) in [4.78, 5) is 9.66. The van der Waals surface area contributed by atoms with Gasteiger partial charge in [-0.05, 0) is 19.9 Å². The van der Waals surface area contributed by atoms with E-state index in [2.05, 4.69) is 36.3 Å². The van der Waals surface area contributed by atoms with Crippen LogP contribution in [0.4, 0.5) is 0 Å². The van der Waals surface area contributed by atoms with Crippen molar-refractivity contribution in [2.24, 2.45) is 7.05 Å². The third-order valence-electron chi connectivity index (χ3n) is 4.18. The van der Waals surface area contributed by atoms with Crippen LogP contribution in [-0.4, -0.2) is 19.7 Å². The molecule has 0 atom stereocenters. The molecule has 0 aliphatic heterocycles. The van der Waals surface area contributed by atoms with Crippen molar-refractivity contribution in [1.29, 1.82) is 0 Å². The summed E-state index contributed by atoms with van der Waals surface area (Å²) >= 11 is 0. The molecule has 4 nitrogen and oxygen atoms in total. The Kier molecular flexibility index (Phi) is 3.38. The second-order valence-electron chi connectivity index (χ2n) is 6.04. The van der Waals surface area contributed by atoms with E-state index in [1.165, 1.54) is 5.56 Å². The normalized spacial score (nSPS) is 11.1. The van der Waals surface area contributed by atoms with Crippen molar-refractivity contribution in [2.75, 3.05) is 0 Å². The molecule has 2 aromatic heterocycles. The van der Waals surface area contributed by atoms with Crippen LogP contribution >= 0.6 is 0 Å². The summed E-state index contributed by atoms with van der Waals surface area (Å²) in [5, 5.41) is 5.56. The number of hydrogen-bond acceptors (Lipinski definition) is 3. The molecule has 118 valence electrons. The topological polar surface area (TPSA) is 43.6 Å². The van der Waals surface area contributed by atoms with Gasteiger partial charge in [-0.15, -0.1) is 0 Å². The fraction of sp³-hybridized carbons (Fsp3) is 0.150. The Balaban J connectivity index is 2.07. The van der Waals surface area contributed by atoms with Crippen molar-refractivity contribution in [2.45, 2.75) is 13.8 Å². The summed E-state index contributed by atoms with van der Waals surface area (Å²) in [5.74, 6) is 0.725. The minimum absolute atomic E-state index is 0.725. The number of rotatable bonds is 2. The quantitative estimate of drug-likeness (QED) is 0.553. The first-order chi connectivity index (χ1) is 11.6. The lowest BCUT2D eigenvalue weighted by Gasteiger charge is -2.08. The van der Waals surface area contributed by atoms with E-state index in [0.717, 1.165) is 39.4 Å². The molecule has 0 amide bonds. The molecule has 4 aromatic rings. The van der Waals surface area contributed by atoms with Crippen molar-refractivity contribution in [3.8, 4) is 22.6 Å². The zero-order chi connectivity index (χ0) is 16.7. The summed E-state index contributed by atoms with van der Waals surface area (Å²) in [6.45, 7) is 4.10. The van der Waals surface area contributed by atoms with E-state index in [1.807, 2.05) is 49.0 Å². The molecule has 4 rings (SSSR count). The van der Waals surface area contributed by atoms with Crippen LogP contribution in [0.15, 0.2) is 54.6 Å². The molecule has 0 N–H and O–H groups in total. The predicted molar refractivity (Wildman–Crippen MR) is 96.7 cm³/mol. The number of hydrogen-bond donors (Lipinski definition) is 0. The van der Waals surface area contributed by atoms with Crippen LogP contribution in [0.5, 0.6) is 0 Å². The van der Waals surface area contributed by atoms with Gasteiger partial charge in [-0.3, -0.25) is 4.68 Å². The summed E-state index contributed by atoms with van der Waals surface area (Å²) in [6.07, 6.45) is 0. The highest BCUT2D eigenvalue weighted by molar-refractivity contribution is 5.94. The fourth-order valence-electron chi connectivity index (χ4n) is 3.06. The van der Waals surface area contributed by atoms with Gasteiger partial charge in [0.05, 0.1) is 16.8 Å². The molecule has 24 heavy (non-hydrogen) atoms. The SMILES string of the molecule is Cc1cccc(-c2nc(-c3ccccc3)nc3c2c(C)nn3C)c1. The molecule has 4 heteroatoms. The fourth-order valence-corrected chi connectivity index (χ4v) is 3.06. The van der Waals surface area contributed by atoms with Crippen molar-refractivity contribution in [3.05, 3.63) is 65.9 Å². The van der Waals surface area contributed by atoms with Gasteiger partial charge >= 0.3 is 0 Å². The summed E-state index contributed by atoms with van der Waals surface area (Å²) in [5.41, 5.74) is 6.06. The van der Waals surface area contributed by atoms with Crippen LogP contribution in [0.3, 0.4) is 0 Å². The first-order valence-corrected chi connectivity index (χ1v) is 7.97. The van der Waals surface area contributed by atoms with E-state index in [0.29, 0.717) is 0 Å². The van der Waals surface area contributed by atoms with Gasteiger partial charge in [0.2, 0.25) is 0 Å². The van der Waals surface area contributed by atoms with Gasteiger partial charge in [0, 0.05) is 18.2 Å². The average molecular weight is 314 g/mol. The van der Waals surface area contributed by atoms with Crippen molar-refractivity contribution >= 4 is 11.0 Å². The highest BCUT2D eigenvalue weighted by Crippen LogP contribution is 2.31. The van der Waals surface area contributed by atoms with E-state index >= 15 is 0 Å². The minimum Gasteiger partial charge on any atom is -0.250 e. The Labute approximate surface area is 140 Å². The Morgan fingerprint density at radius 3 is 2.33 bits per heavy atom. The predicted octanol–water partition coefficient (Wildman–Crippen LogP) is 4.31. The molecule has 0 aliphatic rings. The lowest BCUT2D eigenvalue weighted by molar-refractivity contribution is 0.773. The third-order valence-corrected chi connectivity index (χ3v) is 4.18.